The minimum absolute atomic E-state index is 0.0709. The standard InChI is InChI=1S/C20H38O5.2C4H9.Sn/c1-3-5-7-9-11-13-15-20(19(23)24,17-18(21)22)25-16-14-12-10-8-6-4-2;2*1-4(2)3;/h3-17H2,1-2H3,(H,21,22)(H,23,24);2*4H,1H2,2-3H3;/q;;;+2/p-2. The number of carbonyl (C=O) groups excluding carboxylic acids is 2. The van der Waals surface area contributed by atoms with Gasteiger partial charge >= 0.3 is 69.5 Å². The van der Waals surface area contributed by atoms with Gasteiger partial charge in [-0.15, -0.1) is 0 Å². The van der Waals surface area contributed by atoms with Crippen molar-refractivity contribution in [3.63, 3.8) is 0 Å². The van der Waals surface area contributed by atoms with E-state index in [-0.39, 0.29) is 34.2 Å². The normalized spacial score (nSPS) is 12.7. The monoisotopic (exact) mass is 590 g/mol. The van der Waals surface area contributed by atoms with Crippen LogP contribution in [0.25, 0.3) is 0 Å². The molecule has 34 heavy (non-hydrogen) atoms. The maximum atomic E-state index is 11.6. The van der Waals surface area contributed by atoms with E-state index in [9.17, 15) is 19.8 Å². The number of rotatable bonds is 22. The Morgan fingerprint density at radius 1 is 0.735 bits per heavy atom. The minimum Gasteiger partial charge on any atom is -0.550 e. The molecule has 0 rings (SSSR count). The molecule has 0 aromatic rings. The van der Waals surface area contributed by atoms with Crippen LogP contribution in [0.3, 0.4) is 0 Å². The first-order valence-corrected chi connectivity index (χ1v) is 17.9. The van der Waals surface area contributed by atoms with E-state index in [0.717, 1.165) is 56.8 Å². The zero-order valence-corrected chi connectivity index (χ0v) is 26.1. The number of unbranched alkanes of at least 4 members (excludes halogenated alkanes) is 10. The fourth-order valence-electron chi connectivity index (χ4n) is 3.68. The average molecular weight is 589 g/mol. The predicted octanol–water partition coefficient (Wildman–Crippen LogP) is 5.58. The van der Waals surface area contributed by atoms with Crippen molar-refractivity contribution in [2.24, 2.45) is 11.8 Å². The van der Waals surface area contributed by atoms with E-state index in [2.05, 4.69) is 41.5 Å². The van der Waals surface area contributed by atoms with Crippen molar-refractivity contribution < 1.29 is 24.5 Å². The average Bonchev–Trinajstić information content (AvgIpc) is 2.74. The van der Waals surface area contributed by atoms with Crippen molar-refractivity contribution in [3.8, 4) is 0 Å². The Morgan fingerprint density at radius 3 is 1.59 bits per heavy atom. The van der Waals surface area contributed by atoms with E-state index >= 15 is 0 Å². The van der Waals surface area contributed by atoms with Gasteiger partial charge in [-0.3, -0.25) is 0 Å². The summed E-state index contributed by atoms with van der Waals surface area (Å²) in [6.07, 6.45) is 11.8. The van der Waals surface area contributed by atoms with E-state index in [1.807, 2.05) is 0 Å². The number of carboxylic acid groups (broad SMARTS) is 2. The molecule has 0 fully saturated rings. The van der Waals surface area contributed by atoms with Crippen molar-refractivity contribution >= 4 is 33.1 Å². The molecule has 200 valence electrons. The van der Waals surface area contributed by atoms with Crippen molar-refractivity contribution in [1.29, 1.82) is 0 Å². The van der Waals surface area contributed by atoms with E-state index < -0.39 is 24.0 Å². The van der Waals surface area contributed by atoms with E-state index in [1.165, 1.54) is 25.7 Å². The summed E-state index contributed by atoms with van der Waals surface area (Å²) >= 11 is 0.0709. The molecule has 0 aromatic carbocycles. The molecule has 5 nitrogen and oxygen atoms in total. The Morgan fingerprint density at radius 2 is 1.18 bits per heavy atom. The largest absolute Gasteiger partial charge is 0.550 e. The smallest absolute Gasteiger partial charge is 0.113 e. The Kier molecular flexibility index (Phi) is 25.7. The molecule has 0 aliphatic heterocycles. The van der Waals surface area contributed by atoms with E-state index in [1.54, 1.807) is 8.87 Å². The zero-order chi connectivity index (χ0) is 26.2. The van der Waals surface area contributed by atoms with Crippen LogP contribution in [-0.2, 0) is 14.3 Å². The predicted molar refractivity (Wildman–Crippen MR) is 140 cm³/mol. The first kappa shape index (κ1) is 35.9. The van der Waals surface area contributed by atoms with Crippen LogP contribution in [-0.4, -0.2) is 45.3 Å². The maximum Gasteiger partial charge on any atom is 0.113 e. The molecular formula is C28H54O5Sn. The van der Waals surface area contributed by atoms with Gasteiger partial charge in [-0.05, 0) is 12.8 Å². The van der Waals surface area contributed by atoms with Gasteiger partial charge in [0, 0.05) is 19.0 Å². The van der Waals surface area contributed by atoms with E-state index in [4.69, 9.17) is 4.74 Å². The molecule has 0 radical (unpaired) electrons. The summed E-state index contributed by atoms with van der Waals surface area (Å²) in [6, 6.07) is 0. The van der Waals surface area contributed by atoms with Crippen LogP contribution < -0.4 is 10.2 Å². The third-order valence-corrected chi connectivity index (χ3v) is 12.0. The SMILES string of the molecule is CC(C)[CH2][Sn+2][CH2]C(C)C.CCCCCCCCOC(CCCCCCCC)(CC(=O)[O-])C(=O)[O-]. The second-order valence-electron chi connectivity index (χ2n) is 10.4. The van der Waals surface area contributed by atoms with Gasteiger partial charge in [-0.2, -0.15) is 0 Å². The summed E-state index contributed by atoms with van der Waals surface area (Å²) in [5.74, 6) is -0.903. The first-order chi connectivity index (χ1) is 16.1. The third kappa shape index (κ3) is 23.4. The van der Waals surface area contributed by atoms with Crippen LogP contribution in [0.5, 0.6) is 0 Å². The van der Waals surface area contributed by atoms with Gasteiger partial charge in [-0.25, -0.2) is 0 Å². The van der Waals surface area contributed by atoms with Crippen LogP contribution in [0.4, 0.5) is 0 Å². The number of hydrogen-bond donors (Lipinski definition) is 0. The van der Waals surface area contributed by atoms with E-state index in [0.29, 0.717) is 6.42 Å². The van der Waals surface area contributed by atoms with Gasteiger partial charge in [0.25, 0.3) is 0 Å². The Balaban J connectivity index is 0. The topological polar surface area (TPSA) is 89.5 Å². The summed E-state index contributed by atoms with van der Waals surface area (Å²) in [4.78, 5) is 22.6. The maximum absolute atomic E-state index is 11.6. The molecule has 0 bridgehead atoms. The summed E-state index contributed by atoms with van der Waals surface area (Å²) in [7, 11) is 0. The van der Waals surface area contributed by atoms with Gasteiger partial charge in [0.1, 0.15) is 5.60 Å². The first-order valence-electron chi connectivity index (χ1n) is 13.9. The molecule has 0 spiro atoms. The van der Waals surface area contributed by atoms with Crippen LogP contribution in [0.1, 0.15) is 131 Å². The fraction of sp³-hybridized carbons (Fsp3) is 0.929. The summed E-state index contributed by atoms with van der Waals surface area (Å²) < 4.78 is 8.70. The van der Waals surface area contributed by atoms with Gasteiger partial charge < -0.3 is 24.5 Å². The second-order valence-corrected chi connectivity index (χ2v) is 14.2. The molecule has 0 aliphatic rings. The summed E-state index contributed by atoms with van der Waals surface area (Å²) in [6.45, 7) is 13.9. The third-order valence-electron chi connectivity index (χ3n) is 5.72. The number of carboxylic acids is 2. The molecule has 0 saturated heterocycles. The molecule has 1 unspecified atom stereocenters. The van der Waals surface area contributed by atoms with Gasteiger partial charge in [0.2, 0.25) is 0 Å². The van der Waals surface area contributed by atoms with Crippen molar-refractivity contribution in [2.45, 2.75) is 146 Å². The van der Waals surface area contributed by atoms with Gasteiger partial charge in [-0.1, -0.05) is 84.5 Å². The van der Waals surface area contributed by atoms with Crippen LogP contribution in [0, 0.1) is 11.8 Å². The van der Waals surface area contributed by atoms with Gasteiger partial charge in [0.05, 0.1) is 5.97 Å². The summed E-state index contributed by atoms with van der Waals surface area (Å²) in [5.41, 5.74) is -1.74. The number of carbonyl (C=O) groups is 2. The Hall–Kier alpha value is -0.301. The fourth-order valence-corrected chi connectivity index (χ4v) is 7.45. The van der Waals surface area contributed by atoms with Crippen molar-refractivity contribution in [3.05, 3.63) is 0 Å². The number of aliphatic carboxylic acids is 2. The molecule has 0 aromatic heterocycles. The number of ether oxygens (including phenoxy) is 1. The Bertz CT molecular complexity index is 473. The minimum atomic E-state index is -1.74. The summed E-state index contributed by atoms with van der Waals surface area (Å²) in [5, 5.41) is 22.6. The molecular weight excluding hydrogens is 535 g/mol. The molecule has 0 N–H and O–H groups in total. The quantitative estimate of drug-likeness (QED) is 0.122. The van der Waals surface area contributed by atoms with Crippen LogP contribution in [0.15, 0.2) is 0 Å². The molecule has 0 heterocycles. The molecule has 0 saturated carbocycles. The Labute approximate surface area is 221 Å². The molecule has 1 atom stereocenters. The molecule has 6 heteroatoms. The van der Waals surface area contributed by atoms with Crippen LogP contribution >= 0.6 is 0 Å². The molecule has 0 aliphatic carbocycles. The zero-order valence-electron chi connectivity index (χ0n) is 23.2. The van der Waals surface area contributed by atoms with Crippen molar-refractivity contribution in [1.82, 2.24) is 0 Å². The molecule has 0 amide bonds. The van der Waals surface area contributed by atoms with Crippen LogP contribution in [0.2, 0.25) is 8.87 Å². The number of hydrogen-bond acceptors (Lipinski definition) is 5. The van der Waals surface area contributed by atoms with Gasteiger partial charge in [0.15, 0.2) is 0 Å². The second kappa shape index (κ2) is 24.4. The van der Waals surface area contributed by atoms with Crippen molar-refractivity contribution in [2.75, 3.05) is 6.61 Å².